The molecule has 0 bridgehead atoms. The van der Waals surface area contributed by atoms with Gasteiger partial charge in [-0.05, 0) is 26.1 Å². The Balaban J connectivity index is 1.68. The van der Waals surface area contributed by atoms with Crippen molar-refractivity contribution in [3.05, 3.63) is 60.4 Å². The van der Waals surface area contributed by atoms with Gasteiger partial charge in [-0.1, -0.05) is 11.2 Å². The minimum Gasteiger partial charge on any atom is -0.364 e. The van der Waals surface area contributed by atoms with Crippen LogP contribution < -0.4 is 0 Å². The van der Waals surface area contributed by atoms with Gasteiger partial charge in [-0.3, -0.25) is 9.88 Å². The van der Waals surface area contributed by atoms with E-state index in [1.54, 1.807) is 12.5 Å². The van der Waals surface area contributed by atoms with E-state index in [1.165, 1.54) is 0 Å². The molecule has 3 rings (SSSR count). The molecule has 1 atom stereocenters. The summed E-state index contributed by atoms with van der Waals surface area (Å²) in [6.07, 6.45) is 7.00. The highest BCUT2D eigenvalue weighted by Gasteiger charge is 2.15. The molecule has 0 amide bonds. The Hall–Kier alpha value is -2.60. The third kappa shape index (κ3) is 3.17. The lowest BCUT2D eigenvalue weighted by Crippen LogP contribution is -2.22. The highest BCUT2D eigenvalue weighted by Crippen LogP contribution is 2.19. The maximum Gasteiger partial charge on any atom is 0.178 e. The van der Waals surface area contributed by atoms with Gasteiger partial charge in [0.25, 0.3) is 0 Å². The molecule has 3 heterocycles. The summed E-state index contributed by atoms with van der Waals surface area (Å²) in [6, 6.07) is 7.73. The van der Waals surface area contributed by atoms with Crippen LogP contribution in [0.25, 0.3) is 11.5 Å². The van der Waals surface area contributed by atoms with Crippen molar-refractivity contribution in [2.24, 2.45) is 0 Å². The van der Waals surface area contributed by atoms with E-state index in [9.17, 15) is 0 Å². The van der Waals surface area contributed by atoms with Gasteiger partial charge in [-0.2, -0.15) is 0 Å². The number of aromatic nitrogens is 4. The normalized spacial score (nSPS) is 12.5. The summed E-state index contributed by atoms with van der Waals surface area (Å²) < 4.78 is 4.89. The molecule has 0 aliphatic carbocycles. The summed E-state index contributed by atoms with van der Waals surface area (Å²) in [6.45, 7) is 2.82. The first-order chi connectivity index (χ1) is 10.7. The minimum atomic E-state index is 0.161. The summed E-state index contributed by atoms with van der Waals surface area (Å²) in [4.78, 5) is 15.2. The van der Waals surface area contributed by atoms with Gasteiger partial charge in [0.15, 0.2) is 5.82 Å². The lowest BCUT2D eigenvalue weighted by molar-refractivity contribution is 0.240. The fraction of sp³-hybridized carbons (Fsp3) is 0.250. The molecule has 0 fully saturated rings. The summed E-state index contributed by atoms with van der Waals surface area (Å²) >= 11 is 0. The number of hydrogen-bond acceptors (Lipinski definition) is 6. The Morgan fingerprint density at radius 3 is 2.59 bits per heavy atom. The van der Waals surface area contributed by atoms with Gasteiger partial charge >= 0.3 is 0 Å². The third-order valence-electron chi connectivity index (χ3n) is 3.58. The van der Waals surface area contributed by atoms with Gasteiger partial charge in [0.1, 0.15) is 17.7 Å². The zero-order valence-electron chi connectivity index (χ0n) is 12.5. The molecular formula is C16H17N5O. The first-order valence-electron chi connectivity index (χ1n) is 7.07. The zero-order chi connectivity index (χ0) is 15.4. The standard InChI is InChI=1S/C16H17N5O/c1-12(14-6-8-22-20-14)21(2)11-13-9-18-16(19-10-13)15-5-3-4-7-17-15/h3-10,12H,11H2,1-2H3/t12-/m1/s1. The highest BCUT2D eigenvalue weighted by atomic mass is 16.5. The van der Waals surface area contributed by atoms with E-state index in [0.717, 1.165) is 23.5 Å². The smallest absolute Gasteiger partial charge is 0.178 e. The maximum absolute atomic E-state index is 4.89. The molecule has 22 heavy (non-hydrogen) atoms. The van der Waals surface area contributed by atoms with Crippen LogP contribution in [0, 0.1) is 0 Å². The average Bonchev–Trinajstić information content (AvgIpc) is 3.10. The molecule has 0 N–H and O–H groups in total. The lowest BCUT2D eigenvalue weighted by atomic mass is 10.2. The first-order valence-corrected chi connectivity index (χ1v) is 7.07. The number of nitrogens with zero attached hydrogens (tertiary/aromatic N) is 5. The molecule has 0 unspecified atom stereocenters. The minimum absolute atomic E-state index is 0.161. The fourth-order valence-electron chi connectivity index (χ4n) is 2.15. The summed E-state index contributed by atoms with van der Waals surface area (Å²) in [5.74, 6) is 0.636. The molecule has 3 aromatic heterocycles. The van der Waals surface area contributed by atoms with Crippen molar-refractivity contribution in [1.29, 1.82) is 0 Å². The quantitative estimate of drug-likeness (QED) is 0.721. The SMILES string of the molecule is C[C@H](c1ccon1)N(C)Cc1cnc(-c2ccccn2)nc1. The van der Waals surface area contributed by atoms with Crippen LogP contribution in [0.5, 0.6) is 0 Å². The van der Waals surface area contributed by atoms with E-state index < -0.39 is 0 Å². The molecule has 0 saturated carbocycles. The third-order valence-corrected chi connectivity index (χ3v) is 3.58. The second kappa shape index (κ2) is 6.44. The van der Waals surface area contributed by atoms with E-state index in [4.69, 9.17) is 4.52 Å². The van der Waals surface area contributed by atoms with Crippen molar-refractivity contribution in [3.8, 4) is 11.5 Å². The highest BCUT2D eigenvalue weighted by molar-refractivity contribution is 5.47. The molecule has 3 aromatic rings. The molecule has 0 saturated heterocycles. The van der Waals surface area contributed by atoms with Crippen molar-refractivity contribution in [3.63, 3.8) is 0 Å². The van der Waals surface area contributed by atoms with Crippen LogP contribution in [0.15, 0.2) is 53.6 Å². The van der Waals surface area contributed by atoms with Gasteiger partial charge in [0.2, 0.25) is 0 Å². The number of pyridine rings is 1. The van der Waals surface area contributed by atoms with E-state index in [0.29, 0.717) is 5.82 Å². The second-order valence-electron chi connectivity index (χ2n) is 5.15. The molecule has 0 aliphatic heterocycles. The molecule has 6 nitrogen and oxygen atoms in total. The van der Waals surface area contributed by atoms with E-state index >= 15 is 0 Å². The van der Waals surface area contributed by atoms with Gasteiger partial charge in [-0.15, -0.1) is 0 Å². The Kier molecular flexibility index (Phi) is 4.20. The predicted molar refractivity (Wildman–Crippen MR) is 81.6 cm³/mol. The predicted octanol–water partition coefficient (Wildman–Crippen LogP) is 2.72. The Labute approximate surface area is 128 Å². The van der Waals surface area contributed by atoms with Crippen molar-refractivity contribution >= 4 is 0 Å². The second-order valence-corrected chi connectivity index (χ2v) is 5.15. The van der Waals surface area contributed by atoms with Gasteiger partial charge in [0, 0.05) is 36.8 Å². The van der Waals surface area contributed by atoms with E-state index in [2.05, 4.69) is 31.9 Å². The summed E-state index contributed by atoms with van der Waals surface area (Å²) in [7, 11) is 2.03. The molecule has 0 radical (unpaired) electrons. The first kappa shape index (κ1) is 14.3. The van der Waals surface area contributed by atoms with Gasteiger partial charge < -0.3 is 4.52 Å². The van der Waals surface area contributed by atoms with Crippen LogP contribution in [0.4, 0.5) is 0 Å². The fourth-order valence-corrected chi connectivity index (χ4v) is 2.15. The monoisotopic (exact) mass is 295 g/mol. The molecule has 0 aliphatic rings. The van der Waals surface area contributed by atoms with E-state index in [1.807, 2.05) is 43.7 Å². The Morgan fingerprint density at radius 1 is 1.14 bits per heavy atom. The zero-order valence-corrected chi connectivity index (χ0v) is 12.5. The van der Waals surface area contributed by atoms with Crippen molar-refractivity contribution in [2.75, 3.05) is 7.05 Å². The Bertz CT molecular complexity index is 697. The van der Waals surface area contributed by atoms with Gasteiger partial charge in [-0.25, -0.2) is 9.97 Å². The van der Waals surface area contributed by atoms with Crippen LogP contribution >= 0.6 is 0 Å². The molecule has 112 valence electrons. The number of hydrogen-bond donors (Lipinski definition) is 0. The van der Waals surface area contributed by atoms with Crippen molar-refractivity contribution < 1.29 is 4.52 Å². The maximum atomic E-state index is 4.89. The topological polar surface area (TPSA) is 67.9 Å². The molecular weight excluding hydrogens is 278 g/mol. The molecule has 0 spiro atoms. The van der Waals surface area contributed by atoms with Crippen LogP contribution in [0.3, 0.4) is 0 Å². The van der Waals surface area contributed by atoms with E-state index in [-0.39, 0.29) is 6.04 Å². The molecule has 0 aromatic carbocycles. The largest absolute Gasteiger partial charge is 0.364 e. The summed E-state index contributed by atoms with van der Waals surface area (Å²) in [5, 5.41) is 3.98. The molecule has 6 heteroatoms. The average molecular weight is 295 g/mol. The Morgan fingerprint density at radius 2 is 1.95 bits per heavy atom. The number of rotatable bonds is 5. The van der Waals surface area contributed by atoms with Gasteiger partial charge in [0.05, 0.1) is 6.04 Å². The van der Waals surface area contributed by atoms with Crippen LogP contribution in [0.1, 0.15) is 24.2 Å². The van der Waals surface area contributed by atoms with Crippen LogP contribution in [-0.2, 0) is 6.54 Å². The lowest BCUT2D eigenvalue weighted by Gasteiger charge is -2.22. The van der Waals surface area contributed by atoms with Crippen molar-refractivity contribution in [2.45, 2.75) is 19.5 Å². The van der Waals surface area contributed by atoms with Crippen molar-refractivity contribution in [1.82, 2.24) is 25.0 Å². The van der Waals surface area contributed by atoms with Crippen LogP contribution in [-0.4, -0.2) is 32.1 Å². The van der Waals surface area contributed by atoms with Crippen LogP contribution in [0.2, 0.25) is 0 Å². The summed E-state index contributed by atoms with van der Waals surface area (Å²) in [5.41, 5.74) is 2.73.